The lowest BCUT2D eigenvalue weighted by molar-refractivity contribution is 0.154. The molecule has 0 aromatic carbocycles. The summed E-state index contributed by atoms with van der Waals surface area (Å²) in [6.07, 6.45) is 5.76. The van der Waals surface area contributed by atoms with E-state index in [1.54, 1.807) is 12.4 Å². The third kappa shape index (κ3) is 2.20. The van der Waals surface area contributed by atoms with Gasteiger partial charge in [-0.25, -0.2) is 4.98 Å². The minimum absolute atomic E-state index is 0.298. The molecular formula is C10H15N3O. The Balaban J connectivity index is 1.99. The van der Waals surface area contributed by atoms with Crippen LogP contribution in [0.3, 0.4) is 0 Å². The topological polar surface area (TPSA) is 47.0 Å². The van der Waals surface area contributed by atoms with Gasteiger partial charge in [-0.15, -0.1) is 0 Å². The second-order valence-corrected chi connectivity index (χ2v) is 3.51. The van der Waals surface area contributed by atoms with Crippen molar-refractivity contribution in [3.8, 4) is 5.88 Å². The molecule has 14 heavy (non-hydrogen) atoms. The molecule has 76 valence electrons. The molecule has 2 rings (SSSR count). The van der Waals surface area contributed by atoms with Gasteiger partial charge in [0.05, 0.1) is 5.69 Å². The van der Waals surface area contributed by atoms with E-state index in [9.17, 15) is 0 Å². The highest BCUT2D eigenvalue weighted by molar-refractivity contribution is 5.15. The first-order valence-corrected chi connectivity index (χ1v) is 5.01. The van der Waals surface area contributed by atoms with Crippen LogP contribution in [0.2, 0.25) is 0 Å². The summed E-state index contributed by atoms with van der Waals surface area (Å²) in [5, 5.41) is 3.30. The molecule has 1 aliphatic heterocycles. The fraction of sp³-hybridized carbons (Fsp3) is 0.600. The number of rotatable bonds is 2. The number of nitrogens with zero attached hydrogens (tertiary/aromatic N) is 2. The van der Waals surface area contributed by atoms with Gasteiger partial charge in [-0.1, -0.05) is 0 Å². The highest BCUT2D eigenvalue weighted by Crippen LogP contribution is 2.15. The van der Waals surface area contributed by atoms with Gasteiger partial charge < -0.3 is 10.1 Å². The summed E-state index contributed by atoms with van der Waals surface area (Å²) in [6, 6.07) is 0. The van der Waals surface area contributed by atoms with Gasteiger partial charge in [0.25, 0.3) is 0 Å². The van der Waals surface area contributed by atoms with E-state index < -0.39 is 0 Å². The number of aryl methyl sites for hydroxylation is 1. The first-order valence-electron chi connectivity index (χ1n) is 5.01. The first kappa shape index (κ1) is 9.40. The summed E-state index contributed by atoms with van der Waals surface area (Å²) in [6.45, 7) is 3.98. The normalized spacial score (nSPS) is 18.1. The van der Waals surface area contributed by atoms with E-state index in [4.69, 9.17) is 4.74 Å². The number of nitrogens with one attached hydrogen (secondary N) is 1. The van der Waals surface area contributed by atoms with Gasteiger partial charge in [-0.3, -0.25) is 4.98 Å². The predicted octanol–water partition coefficient (Wildman–Crippen LogP) is 0.916. The quantitative estimate of drug-likeness (QED) is 0.758. The van der Waals surface area contributed by atoms with Crippen LogP contribution in [-0.4, -0.2) is 29.2 Å². The standard InChI is InChI=1S/C10H15N3O/c1-8-10(13-7-6-12-8)14-9-2-4-11-5-3-9/h6-7,9,11H,2-5H2,1H3. The molecule has 4 heteroatoms. The van der Waals surface area contributed by atoms with Gasteiger partial charge in [-0.05, 0) is 32.9 Å². The van der Waals surface area contributed by atoms with Crippen LogP contribution in [-0.2, 0) is 0 Å². The van der Waals surface area contributed by atoms with Crippen molar-refractivity contribution in [3.05, 3.63) is 18.1 Å². The average Bonchev–Trinajstić information content (AvgIpc) is 2.23. The van der Waals surface area contributed by atoms with Gasteiger partial charge in [0, 0.05) is 12.4 Å². The maximum absolute atomic E-state index is 5.77. The van der Waals surface area contributed by atoms with Crippen molar-refractivity contribution >= 4 is 0 Å². The lowest BCUT2D eigenvalue weighted by Crippen LogP contribution is -2.34. The third-order valence-corrected chi connectivity index (χ3v) is 2.40. The minimum atomic E-state index is 0.298. The van der Waals surface area contributed by atoms with E-state index >= 15 is 0 Å². The minimum Gasteiger partial charge on any atom is -0.473 e. The van der Waals surface area contributed by atoms with Crippen LogP contribution in [0.4, 0.5) is 0 Å². The predicted molar refractivity (Wildman–Crippen MR) is 53.3 cm³/mol. The lowest BCUT2D eigenvalue weighted by Gasteiger charge is -2.23. The van der Waals surface area contributed by atoms with Crippen molar-refractivity contribution in [2.45, 2.75) is 25.9 Å². The zero-order valence-electron chi connectivity index (χ0n) is 8.36. The molecule has 1 saturated heterocycles. The maximum atomic E-state index is 5.77. The van der Waals surface area contributed by atoms with E-state index in [1.807, 2.05) is 6.92 Å². The summed E-state index contributed by atoms with van der Waals surface area (Å²) in [5.74, 6) is 0.680. The zero-order valence-corrected chi connectivity index (χ0v) is 8.36. The van der Waals surface area contributed by atoms with Crippen LogP contribution in [0.5, 0.6) is 5.88 Å². The Bertz CT molecular complexity index is 297. The Hall–Kier alpha value is -1.16. The molecule has 0 bridgehead atoms. The SMILES string of the molecule is Cc1nccnc1OC1CCNCC1. The van der Waals surface area contributed by atoms with Crippen molar-refractivity contribution in [3.63, 3.8) is 0 Å². The average molecular weight is 193 g/mol. The third-order valence-electron chi connectivity index (χ3n) is 2.40. The summed E-state index contributed by atoms with van der Waals surface area (Å²) in [5.41, 5.74) is 0.867. The fourth-order valence-corrected chi connectivity index (χ4v) is 1.58. The molecule has 1 aromatic heterocycles. The number of hydrogen-bond acceptors (Lipinski definition) is 4. The molecular weight excluding hydrogens is 178 g/mol. The van der Waals surface area contributed by atoms with Crippen LogP contribution < -0.4 is 10.1 Å². The van der Waals surface area contributed by atoms with Crippen LogP contribution in [0.25, 0.3) is 0 Å². The molecule has 1 fully saturated rings. The molecule has 0 saturated carbocycles. The Morgan fingerprint density at radius 2 is 2.00 bits per heavy atom. The number of piperidine rings is 1. The highest BCUT2D eigenvalue weighted by Gasteiger charge is 2.15. The molecule has 1 N–H and O–H groups in total. The summed E-state index contributed by atoms with van der Waals surface area (Å²) in [4.78, 5) is 8.31. The highest BCUT2D eigenvalue weighted by atomic mass is 16.5. The molecule has 1 aromatic rings. The monoisotopic (exact) mass is 193 g/mol. The Morgan fingerprint density at radius 3 is 2.71 bits per heavy atom. The van der Waals surface area contributed by atoms with Crippen LogP contribution in [0, 0.1) is 6.92 Å². The molecule has 0 unspecified atom stereocenters. The zero-order chi connectivity index (χ0) is 9.80. The Morgan fingerprint density at radius 1 is 1.29 bits per heavy atom. The molecule has 0 amide bonds. The van der Waals surface area contributed by atoms with Crippen LogP contribution >= 0.6 is 0 Å². The maximum Gasteiger partial charge on any atom is 0.235 e. The smallest absolute Gasteiger partial charge is 0.235 e. The van der Waals surface area contributed by atoms with E-state index in [0.717, 1.165) is 31.6 Å². The van der Waals surface area contributed by atoms with Crippen molar-refractivity contribution in [2.24, 2.45) is 0 Å². The van der Waals surface area contributed by atoms with E-state index in [-0.39, 0.29) is 0 Å². The van der Waals surface area contributed by atoms with Crippen LogP contribution in [0.15, 0.2) is 12.4 Å². The van der Waals surface area contributed by atoms with Crippen molar-refractivity contribution < 1.29 is 4.74 Å². The molecule has 0 spiro atoms. The summed E-state index contributed by atoms with van der Waals surface area (Å²) in [7, 11) is 0. The Labute approximate surface area is 83.7 Å². The van der Waals surface area contributed by atoms with E-state index in [0.29, 0.717) is 12.0 Å². The second-order valence-electron chi connectivity index (χ2n) is 3.51. The van der Waals surface area contributed by atoms with Gasteiger partial charge in [0.15, 0.2) is 0 Å². The lowest BCUT2D eigenvalue weighted by atomic mass is 10.1. The van der Waals surface area contributed by atoms with Gasteiger partial charge >= 0.3 is 0 Å². The molecule has 0 aliphatic carbocycles. The van der Waals surface area contributed by atoms with E-state index in [1.165, 1.54) is 0 Å². The molecule has 1 aliphatic rings. The Kier molecular flexibility index (Phi) is 2.93. The second kappa shape index (κ2) is 4.37. The number of aromatic nitrogens is 2. The molecule has 0 radical (unpaired) electrons. The summed E-state index contributed by atoms with van der Waals surface area (Å²) < 4.78 is 5.77. The van der Waals surface area contributed by atoms with Crippen molar-refractivity contribution in [1.82, 2.24) is 15.3 Å². The number of ether oxygens (including phenoxy) is 1. The van der Waals surface area contributed by atoms with Gasteiger partial charge in [0.1, 0.15) is 6.10 Å². The molecule has 2 heterocycles. The fourth-order valence-electron chi connectivity index (χ4n) is 1.58. The van der Waals surface area contributed by atoms with Crippen molar-refractivity contribution in [1.29, 1.82) is 0 Å². The first-order chi connectivity index (χ1) is 6.86. The summed E-state index contributed by atoms with van der Waals surface area (Å²) >= 11 is 0. The van der Waals surface area contributed by atoms with E-state index in [2.05, 4.69) is 15.3 Å². The van der Waals surface area contributed by atoms with Crippen LogP contribution in [0.1, 0.15) is 18.5 Å². The van der Waals surface area contributed by atoms with Crippen molar-refractivity contribution in [2.75, 3.05) is 13.1 Å². The molecule has 0 atom stereocenters. The van der Waals surface area contributed by atoms with Gasteiger partial charge in [-0.2, -0.15) is 0 Å². The molecule has 4 nitrogen and oxygen atoms in total. The largest absolute Gasteiger partial charge is 0.473 e. The number of hydrogen-bond donors (Lipinski definition) is 1. The van der Waals surface area contributed by atoms with Gasteiger partial charge in [0.2, 0.25) is 5.88 Å².